The van der Waals surface area contributed by atoms with Crippen molar-refractivity contribution in [2.45, 2.75) is 31.2 Å². The van der Waals surface area contributed by atoms with E-state index >= 15 is 0 Å². The first-order valence-electron chi connectivity index (χ1n) is 7.56. The van der Waals surface area contributed by atoms with Gasteiger partial charge in [-0.15, -0.1) is 0 Å². The minimum Gasteiger partial charge on any atom is -0.351 e. The summed E-state index contributed by atoms with van der Waals surface area (Å²) in [4.78, 5) is 13.3. The van der Waals surface area contributed by atoms with Gasteiger partial charge in [0.1, 0.15) is 0 Å². The van der Waals surface area contributed by atoms with E-state index in [0.717, 1.165) is 6.42 Å². The SMILES string of the molecule is CCC(C)N(C(N)=O)c1ccc(-c2ccccc2S(N)(=O)=O)cc1. The summed E-state index contributed by atoms with van der Waals surface area (Å²) in [6.07, 6.45) is 0.763. The lowest BCUT2D eigenvalue weighted by atomic mass is 10.0. The van der Waals surface area contributed by atoms with E-state index in [0.29, 0.717) is 16.8 Å². The van der Waals surface area contributed by atoms with E-state index in [2.05, 4.69) is 0 Å². The minimum atomic E-state index is -3.82. The van der Waals surface area contributed by atoms with Crippen molar-refractivity contribution >= 4 is 21.7 Å². The number of urea groups is 1. The molecule has 0 heterocycles. The third kappa shape index (κ3) is 3.74. The summed E-state index contributed by atoms with van der Waals surface area (Å²) in [6.45, 7) is 3.88. The molecule has 2 aromatic carbocycles. The third-order valence-corrected chi connectivity index (χ3v) is 4.89. The Morgan fingerprint density at radius 1 is 1.12 bits per heavy atom. The van der Waals surface area contributed by atoms with Gasteiger partial charge in [-0.05, 0) is 37.1 Å². The Kier molecular flexibility index (Phi) is 5.26. The molecule has 0 saturated carbocycles. The normalized spacial score (nSPS) is 12.6. The number of anilines is 1. The Bertz CT molecular complexity index is 832. The van der Waals surface area contributed by atoms with Crippen molar-refractivity contribution in [3.63, 3.8) is 0 Å². The monoisotopic (exact) mass is 347 g/mol. The lowest BCUT2D eigenvalue weighted by Gasteiger charge is -2.27. The van der Waals surface area contributed by atoms with Crippen LogP contribution in [0.3, 0.4) is 0 Å². The van der Waals surface area contributed by atoms with E-state index in [1.807, 2.05) is 13.8 Å². The molecule has 0 aliphatic rings. The number of sulfonamides is 1. The average molecular weight is 347 g/mol. The van der Waals surface area contributed by atoms with E-state index in [1.54, 1.807) is 42.5 Å². The lowest BCUT2D eigenvalue weighted by molar-refractivity contribution is 0.252. The quantitative estimate of drug-likeness (QED) is 0.868. The summed E-state index contributed by atoms with van der Waals surface area (Å²) in [5.74, 6) is 0. The second-order valence-corrected chi connectivity index (χ2v) is 7.08. The van der Waals surface area contributed by atoms with E-state index in [9.17, 15) is 13.2 Å². The minimum absolute atomic E-state index is 0.0370. The van der Waals surface area contributed by atoms with E-state index in [4.69, 9.17) is 10.9 Å². The summed E-state index contributed by atoms with van der Waals surface area (Å²) in [5.41, 5.74) is 7.33. The maximum absolute atomic E-state index is 11.7. The van der Waals surface area contributed by atoms with Crippen LogP contribution in [0.4, 0.5) is 10.5 Å². The zero-order valence-electron chi connectivity index (χ0n) is 13.6. The van der Waals surface area contributed by atoms with Crippen LogP contribution in [0, 0.1) is 0 Å². The molecule has 0 spiro atoms. The molecule has 0 saturated heterocycles. The first-order chi connectivity index (χ1) is 11.3. The van der Waals surface area contributed by atoms with Crippen molar-refractivity contribution in [1.29, 1.82) is 0 Å². The lowest BCUT2D eigenvalue weighted by Crippen LogP contribution is -2.42. The highest BCUT2D eigenvalue weighted by Gasteiger charge is 2.19. The Balaban J connectivity index is 2.46. The molecule has 0 aliphatic carbocycles. The van der Waals surface area contributed by atoms with E-state index in [-0.39, 0.29) is 10.9 Å². The predicted molar refractivity (Wildman–Crippen MR) is 95.1 cm³/mol. The topological polar surface area (TPSA) is 106 Å². The van der Waals surface area contributed by atoms with Gasteiger partial charge in [0.2, 0.25) is 10.0 Å². The first-order valence-corrected chi connectivity index (χ1v) is 9.11. The molecule has 24 heavy (non-hydrogen) atoms. The van der Waals surface area contributed by atoms with E-state index < -0.39 is 16.1 Å². The number of carbonyl (C=O) groups is 1. The predicted octanol–water partition coefficient (Wildman–Crippen LogP) is 2.68. The summed E-state index contributed by atoms with van der Waals surface area (Å²) in [5, 5.41) is 5.27. The van der Waals surface area contributed by atoms with Gasteiger partial charge in [-0.1, -0.05) is 37.3 Å². The molecule has 2 aromatic rings. The van der Waals surface area contributed by atoms with Gasteiger partial charge in [0, 0.05) is 17.3 Å². The maximum atomic E-state index is 11.7. The molecule has 1 unspecified atom stereocenters. The fourth-order valence-corrected chi connectivity index (χ4v) is 3.30. The second-order valence-electron chi connectivity index (χ2n) is 5.55. The van der Waals surface area contributed by atoms with Gasteiger partial charge >= 0.3 is 6.03 Å². The van der Waals surface area contributed by atoms with Crippen LogP contribution in [0.25, 0.3) is 11.1 Å². The number of hydrogen-bond acceptors (Lipinski definition) is 3. The van der Waals surface area contributed by atoms with Crippen LogP contribution < -0.4 is 15.8 Å². The number of primary sulfonamides is 1. The van der Waals surface area contributed by atoms with E-state index in [1.165, 1.54) is 11.0 Å². The number of rotatable bonds is 5. The van der Waals surface area contributed by atoms with Gasteiger partial charge in [-0.25, -0.2) is 18.4 Å². The summed E-state index contributed by atoms with van der Waals surface area (Å²) < 4.78 is 23.5. The van der Waals surface area contributed by atoms with Gasteiger partial charge < -0.3 is 5.73 Å². The molecule has 6 nitrogen and oxygen atoms in total. The van der Waals surface area contributed by atoms with Crippen LogP contribution in [0.5, 0.6) is 0 Å². The smallest absolute Gasteiger partial charge is 0.319 e. The fraction of sp³-hybridized carbons (Fsp3) is 0.235. The third-order valence-electron chi connectivity index (χ3n) is 3.92. The number of nitrogens with two attached hydrogens (primary N) is 2. The molecule has 0 bridgehead atoms. The number of benzene rings is 2. The molecule has 0 fully saturated rings. The molecule has 7 heteroatoms. The van der Waals surface area contributed by atoms with Crippen LogP contribution in [0.1, 0.15) is 20.3 Å². The molecule has 4 N–H and O–H groups in total. The van der Waals surface area contributed by atoms with Gasteiger partial charge in [0.25, 0.3) is 0 Å². The van der Waals surface area contributed by atoms with Crippen molar-refractivity contribution < 1.29 is 13.2 Å². The molecule has 0 aliphatic heterocycles. The summed E-state index contributed by atoms with van der Waals surface area (Å²) >= 11 is 0. The number of primary amides is 1. The van der Waals surface area contributed by atoms with Crippen molar-refractivity contribution in [2.24, 2.45) is 10.9 Å². The molecule has 1 atom stereocenters. The Labute approximate surface area is 142 Å². The zero-order chi connectivity index (χ0) is 17.9. The second kappa shape index (κ2) is 7.02. The standard InChI is InChI=1S/C17H21N3O3S/c1-3-12(2)20(17(18)21)14-10-8-13(9-11-14)15-6-4-5-7-16(15)24(19,22)23/h4-12H,3H2,1-2H3,(H2,18,21)(H2,19,22,23). The average Bonchev–Trinajstić information content (AvgIpc) is 2.54. The number of amides is 2. The van der Waals surface area contributed by atoms with Crippen molar-refractivity contribution in [3.05, 3.63) is 48.5 Å². The molecule has 0 aromatic heterocycles. The largest absolute Gasteiger partial charge is 0.351 e. The highest BCUT2D eigenvalue weighted by Crippen LogP contribution is 2.29. The molecule has 2 rings (SSSR count). The Morgan fingerprint density at radius 3 is 2.21 bits per heavy atom. The highest BCUT2D eigenvalue weighted by molar-refractivity contribution is 7.89. The van der Waals surface area contributed by atoms with Gasteiger partial charge in [0.15, 0.2) is 0 Å². The summed E-state index contributed by atoms with van der Waals surface area (Å²) in [7, 11) is -3.82. The Hall–Kier alpha value is -2.38. The van der Waals surface area contributed by atoms with Crippen LogP contribution in [-0.2, 0) is 10.0 Å². The maximum Gasteiger partial charge on any atom is 0.319 e. The van der Waals surface area contributed by atoms with Crippen LogP contribution >= 0.6 is 0 Å². The van der Waals surface area contributed by atoms with Crippen molar-refractivity contribution in [1.82, 2.24) is 0 Å². The number of carbonyl (C=O) groups excluding carboxylic acids is 1. The Morgan fingerprint density at radius 2 is 1.71 bits per heavy atom. The van der Waals surface area contributed by atoms with Crippen molar-refractivity contribution in [2.75, 3.05) is 4.90 Å². The van der Waals surface area contributed by atoms with Crippen molar-refractivity contribution in [3.8, 4) is 11.1 Å². The van der Waals surface area contributed by atoms with Gasteiger partial charge in [0.05, 0.1) is 4.90 Å². The molecular formula is C17H21N3O3S. The summed E-state index contributed by atoms with van der Waals surface area (Å²) in [6, 6.07) is 12.9. The molecule has 128 valence electrons. The highest BCUT2D eigenvalue weighted by atomic mass is 32.2. The van der Waals surface area contributed by atoms with Gasteiger partial charge in [-0.3, -0.25) is 4.90 Å². The van der Waals surface area contributed by atoms with Crippen LogP contribution in [-0.4, -0.2) is 20.5 Å². The number of hydrogen-bond donors (Lipinski definition) is 2. The fourth-order valence-electron chi connectivity index (χ4n) is 2.54. The molecule has 2 amide bonds. The van der Waals surface area contributed by atoms with Gasteiger partial charge in [-0.2, -0.15) is 0 Å². The number of nitrogens with zero attached hydrogens (tertiary/aromatic N) is 1. The van der Waals surface area contributed by atoms with Crippen LogP contribution in [0.15, 0.2) is 53.4 Å². The first kappa shape index (κ1) is 18.0. The van der Waals surface area contributed by atoms with Crippen LogP contribution in [0.2, 0.25) is 0 Å². The zero-order valence-corrected chi connectivity index (χ0v) is 14.5. The molecule has 0 radical (unpaired) electrons. The molecular weight excluding hydrogens is 326 g/mol.